The number of benzene rings is 1. The number of nitrogen functional groups attached to an aromatic ring is 1. The van der Waals surface area contributed by atoms with Crippen molar-refractivity contribution in [2.45, 2.75) is 20.4 Å². The van der Waals surface area contributed by atoms with Crippen molar-refractivity contribution in [3.05, 3.63) is 35.5 Å². The predicted octanol–water partition coefficient (Wildman–Crippen LogP) is 1.88. The zero-order chi connectivity index (χ0) is 11.5. The minimum absolute atomic E-state index is 0.542. The summed E-state index contributed by atoms with van der Waals surface area (Å²) in [4.78, 5) is 4.10. The smallest absolute Gasteiger partial charge is 0.223 e. The summed E-state index contributed by atoms with van der Waals surface area (Å²) in [5, 5.41) is 7.00. The van der Waals surface area contributed by atoms with Gasteiger partial charge in [-0.05, 0) is 30.7 Å². The third kappa shape index (κ3) is 2.31. The Labute approximate surface area is 93.7 Å². The second-order valence-corrected chi connectivity index (χ2v) is 3.65. The Bertz CT molecular complexity index is 492. The Morgan fingerprint density at radius 2 is 2.19 bits per heavy atom. The SMILES string of the molecule is Cc1nc(CNc2ccc(N)c(C)c2)no1. The van der Waals surface area contributed by atoms with Crippen molar-refractivity contribution in [1.29, 1.82) is 0 Å². The van der Waals surface area contributed by atoms with Crippen LogP contribution in [0.25, 0.3) is 0 Å². The van der Waals surface area contributed by atoms with Crippen LogP contribution in [0, 0.1) is 13.8 Å². The Hall–Kier alpha value is -2.04. The van der Waals surface area contributed by atoms with Crippen LogP contribution in [0.5, 0.6) is 0 Å². The molecule has 0 amide bonds. The summed E-state index contributed by atoms with van der Waals surface area (Å²) in [6.45, 7) is 4.28. The number of aryl methyl sites for hydroxylation is 2. The van der Waals surface area contributed by atoms with E-state index in [0.717, 1.165) is 16.9 Å². The molecule has 0 bridgehead atoms. The van der Waals surface area contributed by atoms with Crippen LogP contribution in [0.15, 0.2) is 22.7 Å². The van der Waals surface area contributed by atoms with Gasteiger partial charge in [-0.3, -0.25) is 0 Å². The summed E-state index contributed by atoms with van der Waals surface area (Å²) in [7, 11) is 0. The number of nitrogens with one attached hydrogen (secondary N) is 1. The molecular formula is C11H14N4O. The van der Waals surface area contributed by atoms with Gasteiger partial charge in [-0.1, -0.05) is 5.16 Å². The van der Waals surface area contributed by atoms with Crippen molar-refractivity contribution in [1.82, 2.24) is 10.1 Å². The molecule has 0 saturated heterocycles. The second kappa shape index (κ2) is 4.22. The lowest BCUT2D eigenvalue weighted by atomic mass is 10.2. The quantitative estimate of drug-likeness (QED) is 0.769. The zero-order valence-electron chi connectivity index (χ0n) is 9.32. The van der Waals surface area contributed by atoms with Gasteiger partial charge < -0.3 is 15.6 Å². The molecule has 2 aromatic rings. The van der Waals surface area contributed by atoms with Crippen molar-refractivity contribution >= 4 is 11.4 Å². The van der Waals surface area contributed by atoms with E-state index >= 15 is 0 Å². The number of anilines is 2. The summed E-state index contributed by atoms with van der Waals surface area (Å²) in [6, 6.07) is 5.79. The van der Waals surface area contributed by atoms with Crippen molar-refractivity contribution in [2.75, 3.05) is 11.1 Å². The molecule has 1 heterocycles. The summed E-state index contributed by atoms with van der Waals surface area (Å²) >= 11 is 0. The second-order valence-electron chi connectivity index (χ2n) is 3.65. The number of rotatable bonds is 3. The highest BCUT2D eigenvalue weighted by atomic mass is 16.5. The third-order valence-corrected chi connectivity index (χ3v) is 2.29. The van der Waals surface area contributed by atoms with Crippen molar-refractivity contribution < 1.29 is 4.52 Å². The zero-order valence-corrected chi connectivity index (χ0v) is 9.32. The van der Waals surface area contributed by atoms with Crippen LogP contribution >= 0.6 is 0 Å². The van der Waals surface area contributed by atoms with Crippen LogP contribution in [0.4, 0.5) is 11.4 Å². The fourth-order valence-electron chi connectivity index (χ4n) is 1.38. The van der Waals surface area contributed by atoms with Gasteiger partial charge in [0.1, 0.15) is 0 Å². The maximum absolute atomic E-state index is 5.73. The van der Waals surface area contributed by atoms with Crippen LogP contribution in [0.3, 0.4) is 0 Å². The van der Waals surface area contributed by atoms with Crippen molar-refractivity contribution in [3.8, 4) is 0 Å². The lowest BCUT2D eigenvalue weighted by Gasteiger charge is -2.06. The number of nitrogens with two attached hydrogens (primary N) is 1. The molecule has 5 heteroatoms. The van der Waals surface area contributed by atoms with E-state index in [1.807, 2.05) is 25.1 Å². The minimum atomic E-state index is 0.542. The van der Waals surface area contributed by atoms with E-state index in [1.54, 1.807) is 6.92 Å². The molecule has 0 fully saturated rings. The molecule has 16 heavy (non-hydrogen) atoms. The summed E-state index contributed by atoms with van der Waals surface area (Å²) in [6.07, 6.45) is 0. The molecule has 0 spiro atoms. The fraction of sp³-hybridized carbons (Fsp3) is 0.273. The standard InChI is InChI=1S/C11H14N4O/c1-7-5-9(3-4-10(7)12)13-6-11-14-8(2)16-15-11/h3-5,13H,6,12H2,1-2H3. The average molecular weight is 218 g/mol. The van der Waals surface area contributed by atoms with Crippen molar-refractivity contribution in [2.24, 2.45) is 0 Å². The van der Waals surface area contributed by atoms with Gasteiger partial charge in [0.2, 0.25) is 5.89 Å². The van der Waals surface area contributed by atoms with E-state index in [9.17, 15) is 0 Å². The summed E-state index contributed by atoms with van der Waals surface area (Å²) in [5.74, 6) is 1.22. The third-order valence-electron chi connectivity index (χ3n) is 2.29. The Balaban J connectivity index is 2.02. The maximum atomic E-state index is 5.73. The molecule has 1 aromatic carbocycles. The van der Waals surface area contributed by atoms with Gasteiger partial charge in [0.15, 0.2) is 5.82 Å². The first-order valence-electron chi connectivity index (χ1n) is 5.04. The molecular weight excluding hydrogens is 204 g/mol. The number of nitrogens with zero attached hydrogens (tertiary/aromatic N) is 2. The Morgan fingerprint density at radius 1 is 1.38 bits per heavy atom. The Morgan fingerprint density at radius 3 is 2.81 bits per heavy atom. The predicted molar refractivity (Wildman–Crippen MR) is 62.0 cm³/mol. The minimum Gasteiger partial charge on any atom is -0.399 e. The Kier molecular flexibility index (Phi) is 2.76. The van der Waals surface area contributed by atoms with Gasteiger partial charge in [-0.2, -0.15) is 4.98 Å². The van der Waals surface area contributed by atoms with Gasteiger partial charge in [0.05, 0.1) is 6.54 Å². The van der Waals surface area contributed by atoms with Crippen molar-refractivity contribution in [3.63, 3.8) is 0 Å². The van der Waals surface area contributed by atoms with Gasteiger partial charge >= 0.3 is 0 Å². The lowest BCUT2D eigenvalue weighted by molar-refractivity contribution is 0.388. The first-order valence-corrected chi connectivity index (χ1v) is 5.04. The largest absolute Gasteiger partial charge is 0.399 e. The van der Waals surface area contributed by atoms with Crippen LogP contribution in [-0.2, 0) is 6.54 Å². The molecule has 0 radical (unpaired) electrons. The summed E-state index contributed by atoms with van der Waals surface area (Å²) in [5.41, 5.74) is 8.57. The molecule has 0 saturated carbocycles. The molecule has 2 rings (SSSR count). The molecule has 0 atom stereocenters. The maximum Gasteiger partial charge on any atom is 0.223 e. The van der Waals surface area contributed by atoms with Gasteiger partial charge in [-0.15, -0.1) is 0 Å². The van der Waals surface area contributed by atoms with Gasteiger partial charge in [0.25, 0.3) is 0 Å². The molecule has 5 nitrogen and oxygen atoms in total. The van der Waals surface area contributed by atoms with Gasteiger partial charge in [0, 0.05) is 18.3 Å². The van der Waals surface area contributed by atoms with Crippen LogP contribution in [0.1, 0.15) is 17.3 Å². The summed E-state index contributed by atoms with van der Waals surface area (Å²) < 4.78 is 4.87. The van der Waals surface area contributed by atoms with E-state index in [-0.39, 0.29) is 0 Å². The first-order chi connectivity index (χ1) is 7.65. The van der Waals surface area contributed by atoms with Crippen LogP contribution in [-0.4, -0.2) is 10.1 Å². The van der Waals surface area contributed by atoms with Crippen LogP contribution in [0.2, 0.25) is 0 Å². The molecule has 0 aliphatic heterocycles. The molecule has 0 aliphatic rings. The molecule has 0 unspecified atom stereocenters. The number of hydrogen-bond acceptors (Lipinski definition) is 5. The van der Waals surface area contributed by atoms with Crippen LogP contribution < -0.4 is 11.1 Å². The number of aromatic nitrogens is 2. The highest BCUT2D eigenvalue weighted by molar-refractivity contribution is 5.56. The molecule has 84 valence electrons. The number of hydrogen-bond donors (Lipinski definition) is 2. The first kappa shape index (κ1) is 10.5. The molecule has 3 N–H and O–H groups in total. The van der Waals surface area contributed by atoms with E-state index < -0.39 is 0 Å². The average Bonchev–Trinajstić information content (AvgIpc) is 2.66. The van der Waals surface area contributed by atoms with E-state index in [0.29, 0.717) is 18.3 Å². The highest BCUT2D eigenvalue weighted by Gasteiger charge is 2.02. The fourth-order valence-corrected chi connectivity index (χ4v) is 1.38. The van der Waals surface area contributed by atoms with E-state index in [4.69, 9.17) is 10.3 Å². The van der Waals surface area contributed by atoms with Gasteiger partial charge in [-0.25, -0.2) is 0 Å². The lowest BCUT2D eigenvalue weighted by Crippen LogP contribution is -2.02. The topological polar surface area (TPSA) is 77.0 Å². The molecule has 1 aromatic heterocycles. The van der Waals surface area contributed by atoms with E-state index in [2.05, 4.69) is 15.5 Å². The van der Waals surface area contributed by atoms with E-state index in [1.165, 1.54) is 0 Å². The molecule has 0 aliphatic carbocycles. The monoisotopic (exact) mass is 218 g/mol. The normalized spacial score (nSPS) is 10.4. The highest BCUT2D eigenvalue weighted by Crippen LogP contribution is 2.16.